The summed E-state index contributed by atoms with van der Waals surface area (Å²) in [4.78, 5) is 21.4. The minimum absolute atomic E-state index is 0.0508. The Morgan fingerprint density at radius 2 is 1.55 bits per heavy atom. The van der Waals surface area contributed by atoms with Gasteiger partial charge in [0.1, 0.15) is 5.82 Å². The first-order chi connectivity index (χ1) is 20.2. The number of nitrogens with zero attached hydrogens (tertiary/aromatic N) is 3. The molecule has 2 heterocycles. The van der Waals surface area contributed by atoms with E-state index in [0.717, 1.165) is 9.54 Å². The number of methoxy groups -OCH3 is 3. The fraction of sp³-hybridized carbons (Fsp3) is 0.138. The van der Waals surface area contributed by atoms with E-state index in [0.29, 0.717) is 34.0 Å². The van der Waals surface area contributed by atoms with E-state index in [-0.39, 0.29) is 27.9 Å². The third-order valence-corrected chi connectivity index (χ3v) is 8.14. The predicted molar refractivity (Wildman–Crippen MR) is 159 cm³/mol. The maximum Gasteiger partial charge on any atom is 0.269 e. The molecule has 42 heavy (non-hydrogen) atoms. The highest BCUT2D eigenvalue weighted by molar-refractivity contribution is 7.90. The second kappa shape index (κ2) is 11.3. The zero-order chi connectivity index (χ0) is 30.0. The van der Waals surface area contributed by atoms with Crippen molar-refractivity contribution in [3.05, 3.63) is 84.1 Å². The van der Waals surface area contributed by atoms with Gasteiger partial charge >= 0.3 is 0 Å². The van der Waals surface area contributed by atoms with Crippen LogP contribution in [0.2, 0.25) is 0 Å². The minimum atomic E-state index is -4.03. The molecule has 0 fully saturated rings. The van der Waals surface area contributed by atoms with Crippen LogP contribution in [0.5, 0.6) is 17.2 Å². The molecule has 5 rings (SSSR count). The number of primary amides is 1. The summed E-state index contributed by atoms with van der Waals surface area (Å²) in [7, 11) is 0.447. The lowest BCUT2D eigenvalue weighted by atomic mass is 10.1. The normalized spacial score (nSPS) is 11.2. The molecule has 0 saturated carbocycles. The molecule has 4 N–H and O–H groups in total. The SMILES string of the molecule is COc1cc(Nc2nc(Nc3ccccc3C(N)=O)c3ccn(S(=O)(=O)c4ccc(C)cc4)c3n2)cc(OC)c1OC. The summed E-state index contributed by atoms with van der Waals surface area (Å²) >= 11 is 0. The van der Waals surface area contributed by atoms with Crippen LogP contribution in [0.25, 0.3) is 11.0 Å². The number of carbonyl (C=O) groups excluding carboxylic acids is 1. The van der Waals surface area contributed by atoms with E-state index in [1.807, 2.05) is 6.92 Å². The molecule has 0 bridgehead atoms. The number of ether oxygens (including phenoxy) is 3. The van der Waals surface area contributed by atoms with Crippen LogP contribution in [-0.2, 0) is 10.0 Å². The maximum atomic E-state index is 13.7. The molecule has 5 aromatic rings. The first-order valence-electron chi connectivity index (χ1n) is 12.6. The van der Waals surface area contributed by atoms with Gasteiger partial charge in [0, 0.05) is 24.0 Å². The van der Waals surface area contributed by atoms with Crippen LogP contribution in [-0.4, -0.2) is 49.6 Å². The van der Waals surface area contributed by atoms with Crippen LogP contribution in [0.3, 0.4) is 0 Å². The third kappa shape index (κ3) is 5.24. The zero-order valence-electron chi connectivity index (χ0n) is 23.2. The number of nitrogens with one attached hydrogen (secondary N) is 2. The van der Waals surface area contributed by atoms with Crippen molar-refractivity contribution in [2.24, 2.45) is 5.73 Å². The quantitative estimate of drug-likeness (QED) is 0.211. The van der Waals surface area contributed by atoms with Crippen molar-refractivity contribution in [3.63, 3.8) is 0 Å². The first-order valence-corrected chi connectivity index (χ1v) is 14.0. The Hall–Kier alpha value is -5.30. The lowest BCUT2D eigenvalue weighted by Crippen LogP contribution is -2.14. The highest BCUT2D eigenvalue weighted by Crippen LogP contribution is 2.41. The van der Waals surface area contributed by atoms with E-state index in [2.05, 4.69) is 20.6 Å². The van der Waals surface area contributed by atoms with E-state index in [1.54, 1.807) is 54.6 Å². The second-order valence-electron chi connectivity index (χ2n) is 9.14. The van der Waals surface area contributed by atoms with Gasteiger partial charge in [-0.3, -0.25) is 4.79 Å². The molecule has 0 aliphatic carbocycles. The van der Waals surface area contributed by atoms with E-state index >= 15 is 0 Å². The number of aromatic nitrogens is 3. The average molecular weight is 589 g/mol. The largest absolute Gasteiger partial charge is 0.493 e. The molecule has 12 nitrogen and oxygen atoms in total. The van der Waals surface area contributed by atoms with Gasteiger partial charge in [0.15, 0.2) is 17.1 Å². The number of amides is 1. The van der Waals surface area contributed by atoms with Crippen molar-refractivity contribution >= 4 is 50.1 Å². The summed E-state index contributed by atoms with van der Waals surface area (Å²) in [6, 6.07) is 18.1. The Labute approximate surface area is 242 Å². The predicted octanol–water partition coefficient (Wildman–Crippen LogP) is 4.59. The number of anilines is 4. The molecule has 0 aliphatic heterocycles. The van der Waals surface area contributed by atoms with Crippen molar-refractivity contribution in [1.82, 2.24) is 13.9 Å². The van der Waals surface area contributed by atoms with Crippen LogP contribution in [0, 0.1) is 6.92 Å². The number of benzene rings is 3. The van der Waals surface area contributed by atoms with E-state index in [9.17, 15) is 13.2 Å². The number of hydrogen-bond acceptors (Lipinski definition) is 10. The van der Waals surface area contributed by atoms with Gasteiger partial charge in [-0.25, -0.2) is 12.4 Å². The van der Waals surface area contributed by atoms with Gasteiger partial charge in [0.2, 0.25) is 11.7 Å². The number of carbonyl (C=O) groups is 1. The van der Waals surface area contributed by atoms with Crippen LogP contribution in [0.15, 0.2) is 77.8 Å². The van der Waals surface area contributed by atoms with Gasteiger partial charge in [-0.1, -0.05) is 29.8 Å². The number of nitrogens with two attached hydrogens (primary N) is 1. The molecule has 0 radical (unpaired) electrons. The smallest absolute Gasteiger partial charge is 0.269 e. The molecule has 0 atom stereocenters. The maximum absolute atomic E-state index is 13.7. The van der Waals surface area contributed by atoms with Crippen molar-refractivity contribution in [3.8, 4) is 17.2 Å². The monoisotopic (exact) mass is 588 g/mol. The van der Waals surface area contributed by atoms with Gasteiger partial charge in [-0.15, -0.1) is 0 Å². The topological polar surface area (TPSA) is 160 Å². The summed E-state index contributed by atoms with van der Waals surface area (Å²) in [6.45, 7) is 1.87. The molecule has 3 aromatic carbocycles. The van der Waals surface area contributed by atoms with E-state index < -0.39 is 15.9 Å². The molecule has 13 heteroatoms. The number of rotatable bonds is 10. The van der Waals surface area contributed by atoms with Crippen molar-refractivity contribution in [1.29, 1.82) is 0 Å². The van der Waals surface area contributed by atoms with Gasteiger partial charge < -0.3 is 30.6 Å². The molecular formula is C29H28N6O6S. The van der Waals surface area contributed by atoms with Crippen LogP contribution in [0.4, 0.5) is 23.1 Å². The molecule has 0 unspecified atom stereocenters. The number of hydrogen-bond donors (Lipinski definition) is 3. The van der Waals surface area contributed by atoms with Gasteiger partial charge in [-0.2, -0.15) is 9.97 Å². The van der Waals surface area contributed by atoms with Gasteiger partial charge in [0.25, 0.3) is 15.9 Å². The third-order valence-electron chi connectivity index (χ3n) is 6.46. The molecule has 2 aromatic heterocycles. The van der Waals surface area contributed by atoms with Crippen molar-refractivity contribution in [2.75, 3.05) is 32.0 Å². The molecule has 0 saturated heterocycles. The highest BCUT2D eigenvalue weighted by atomic mass is 32.2. The summed E-state index contributed by atoms with van der Waals surface area (Å²) in [5.41, 5.74) is 7.70. The van der Waals surface area contributed by atoms with Crippen LogP contribution in [0.1, 0.15) is 15.9 Å². The van der Waals surface area contributed by atoms with E-state index in [1.165, 1.54) is 39.7 Å². The van der Waals surface area contributed by atoms with Crippen LogP contribution >= 0.6 is 0 Å². The summed E-state index contributed by atoms with van der Waals surface area (Å²) in [5.74, 6) is 0.819. The fourth-order valence-corrected chi connectivity index (χ4v) is 5.67. The number of para-hydroxylation sites is 1. The molecule has 1 amide bonds. The van der Waals surface area contributed by atoms with Gasteiger partial charge in [-0.05, 0) is 37.3 Å². The Morgan fingerprint density at radius 1 is 0.881 bits per heavy atom. The molecular weight excluding hydrogens is 560 g/mol. The standard InChI is InChI=1S/C29H28N6O6S/c1-17-9-11-19(12-10-17)42(37,38)35-14-13-21-27(32-22-8-6-5-7-20(22)26(30)36)33-29(34-28(21)35)31-18-15-23(39-2)25(41-4)24(16-18)40-3/h5-16H,1-4H3,(H2,30,36)(H2,31,32,33,34). The number of aryl methyl sites for hydroxylation is 1. The van der Waals surface area contributed by atoms with Crippen molar-refractivity contribution < 1.29 is 27.4 Å². The number of fused-ring (bicyclic) bond motifs is 1. The Kier molecular flexibility index (Phi) is 7.59. The van der Waals surface area contributed by atoms with Crippen LogP contribution < -0.4 is 30.6 Å². The Morgan fingerprint density at radius 3 is 2.17 bits per heavy atom. The highest BCUT2D eigenvalue weighted by Gasteiger charge is 2.23. The van der Waals surface area contributed by atoms with E-state index in [4.69, 9.17) is 19.9 Å². The first kappa shape index (κ1) is 28.2. The van der Waals surface area contributed by atoms with Crippen molar-refractivity contribution in [2.45, 2.75) is 11.8 Å². The second-order valence-corrected chi connectivity index (χ2v) is 11.0. The summed E-state index contributed by atoms with van der Waals surface area (Å²) in [5, 5.41) is 6.62. The minimum Gasteiger partial charge on any atom is -0.493 e. The summed E-state index contributed by atoms with van der Waals surface area (Å²) < 4.78 is 44.8. The Balaban J connectivity index is 1.69. The molecule has 0 aliphatic rings. The summed E-state index contributed by atoms with van der Waals surface area (Å²) in [6.07, 6.45) is 1.41. The molecule has 0 spiro atoms. The lowest BCUT2D eigenvalue weighted by molar-refractivity contribution is 0.100. The molecule has 216 valence electrons. The zero-order valence-corrected chi connectivity index (χ0v) is 24.0. The van der Waals surface area contributed by atoms with Gasteiger partial charge in [0.05, 0.1) is 42.9 Å². The fourth-order valence-electron chi connectivity index (χ4n) is 4.38. The Bertz CT molecular complexity index is 1880. The lowest BCUT2D eigenvalue weighted by Gasteiger charge is -2.16. The average Bonchev–Trinajstić information content (AvgIpc) is 3.42.